The Hall–Kier alpha value is -0.480. The molecular weight excluding hydrogens is 390 g/mol. The summed E-state index contributed by atoms with van der Waals surface area (Å²) in [5, 5.41) is 0. The maximum atomic E-state index is 11.7. The van der Waals surface area contributed by atoms with Gasteiger partial charge in [-0.3, -0.25) is 18.9 Å². The van der Waals surface area contributed by atoms with Crippen LogP contribution in [0.4, 0.5) is 0 Å². The van der Waals surface area contributed by atoms with Gasteiger partial charge in [-0.25, -0.2) is 4.79 Å². The molecule has 106 valence electrons. The summed E-state index contributed by atoms with van der Waals surface area (Å²) in [5.41, 5.74) is -0.966. The first-order valence-corrected chi connectivity index (χ1v) is 7.84. The minimum absolute atomic E-state index is 0.0139. The first kappa shape index (κ1) is 14.9. The van der Waals surface area contributed by atoms with Crippen molar-refractivity contribution in [3.05, 3.63) is 30.6 Å². The highest BCUT2D eigenvalue weighted by atomic mass is 127. The lowest BCUT2D eigenvalue weighted by Gasteiger charge is -2.15. The van der Waals surface area contributed by atoms with E-state index in [1.807, 2.05) is 22.6 Å². The summed E-state index contributed by atoms with van der Waals surface area (Å²) in [4.78, 5) is 33.7. The minimum Gasteiger partial charge on any atom is -0.352 e. The topological polar surface area (TPSA) is 111 Å². The molecule has 1 unspecified atom stereocenters. The zero-order chi connectivity index (χ0) is 14.0. The van der Waals surface area contributed by atoms with E-state index in [-0.39, 0.29) is 12.7 Å². The van der Waals surface area contributed by atoms with E-state index in [4.69, 9.17) is 9.63 Å². The quantitative estimate of drug-likeness (QED) is 0.551. The van der Waals surface area contributed by atoms with Crippen LogP contribution in [0.3, 0.4) is 0 Å². The predicted molar refractivity (Wildman–Crippen MR) is 74.4 cm³/mol. The minimum atomic E-state index is -2.97. The largest absolute Gasteiger partial charge is 0.352 e. The number of aromatic amines is 1. The van der Waals surface area contributed by atoms with Crippen molar-refractivity contribution in [2.75, 3.05) is 6.61 Å². The van der Waals surface area contributed by atoms with Crippen LogP contribution in [0.25, 0.3) is 0 Å². The second kappa shape index (κ2) is 6.31. The van der Waals surface area contributed by atoms with Crippen LogP contribution in [0.1, 0.15) is 19.1 Å². The van der Waals surface area contributed by atoms with E-state index in [1.54, 1.807) is 0 Å². The van der Waals surface area contributed by atoms with Gasteiger partial charge in [0.25, 0.3) is 5.56 Å². The van der Waals surface area contributed by atoms with Crippen molar-refractivity contribution < 1.29 is 18.7 Å². The van der Waals surface area contributed by atoms with Crippen LogP contribution >= 0.6 is 30.8 Å². The average molecular weight is 402 g/mol. The summed E-state index contributed by atoms with van der Waals surface area (Å²) in [7, 11) is -2.97. The SMILES string of the molecule is O=c1[nH]c(=O)n([C@@H]2CC[C@@H](CO[PH](=O)O)O2)cc1I. The van der Waals surface area contributed by atoms with Gasteiger partial charge >= 0.3 is 13.9 Å². The summed E-state index contributed by atoms with van der Waals surface area (Å²) in [6, 6.07) is 0. The lowest BCUT2D eigenvalue weighted by atomic mass is 10.2. The molecule has 0 amide bonds. The molecule has 8 nitrogen and oxygen atoms in total. The van der Waals surface area contributed by atoms with Crippen LogP contribution in [0, 0.1) is 3.57 Å². The van der Waals surface area contributed by atoms with Gasteiger partial charge in [0.1, 0.15) is 6.23 Å². The summed E-state index contributed by atoms with van der Waals surface area (Å²) in [6.07, 6.45) is 1.80. The molecule has 1 aromatic heterocycles. The molecule has 0 spiro atoms. The van der Waals surface area contributed by atoms with Gasteiger partial charge in [-0.05, 0) is 35.4 Å². The van der Waals surface area contributed by atoms with E-state index in [1.165, 1.54) is 10.8 Å². The van der Waals surface area contributed by atoms with E-state index in [2.05, 4.69) is 9.51 Å². The van der Waals surface area contributed by atoms with Gasteiger partial charge in [0.2, 0.25) is 0 Å². The predicted octanol–water partition coefficient (Wildman–Crippen LogP) is 0.217. The van der Waals surface area contributed by atoms with Crippen molar-refractivity contribution in [1.82, 2.24) is 9.55 Å². The highest BCUT2D eigenvalue weighted by Gasteiger charge is 2.28. The van der Waals surface area contributed by atoms with E-state index in [9.17, 15) is 14.2 Å². The van der Waals surface area contributed by atoms with Crippen LogP contribution in [0.2, 0.25) is 0 Å². The molecule has 2 rings (SSSR count). The second-order valence-corrected chi connectivity index (χ2v) is 5.99. The lowest BCUT2D eigenvalue weighted by Crippen LogP contribution is -2.33. The fraction of sp³-hybridized carbons (Fsp3) is 0.556. The molecular formula is C9H12IN2O6P. The Bertz CT molecular complexity index is 599. The highest BCUT2D eigenvalue weighted by molar-refractivity contribution is 14.1. The summed E-state index contributed by atoms with van der Waals surface area (Å²) in [5.74, 6) is 0. The Morgan fingerprint density at radius 1 is 1.58 bits per heavy atom. The zero-order valence-corrected chi connectivity index (χ0v) is 12.8. The second-order valence-electron chi connectivity index (χ2n) is 4.01. The normalized spacial score (nSPS) is 24.5. The molecule has 1 fully saturated rings. The molecule has 19 heavy (non-hydrogen) atoms. The Morgan fingerprint density at radius 2 is 2.32 bits per heavy atom. The van der Waals surface area contributed by atoms with Gasteiger partial charge in [0, 0.05) is 6.20 Å². The fourth-order valence-electron chi connectivity index (χ4n) is 1.85. The molecule has 0 saturated carbocycles. The van der Waals surface area contributed by atoms with Crippen molar-refractivity contribution >= 4 is 30.8 Å². The fourth-order valence-corrected chi connectivity index (χ4v) is 2.62. The third-order valence-electron chi connectivity index (χ3n) is 2.71. The molecule has 1 aliphatic rings. The Kier molecular flexibility index (Phi) is 4.96. The van der Waals surface area contributed by atoms with E-state index in [0.29, 0.717) is 16.4 Å². The van der Waals surface area contributed by atoms with E-state index >= 15 is 0 Å². The molecule has 10 heteroatoms. The molecule has 0 radical (unpaired) electrons. The molecule has 3 atom stereocenters. The third-order valence-corrected chi connectivity index (χ3v) is 3.89. The number of H-pyrrole nitrogens is 1. The van der Waals surface area contributed by atoms with Crippen molar-refractivity contribution in [3.63, 3.8) is 0 Å². The van der Waals surface area contributed by atoms with Gasteiger partial charge in [-0.15, -0.1) is 0 Å². The molecule has 0 bridgehead atoms. The smallest absolute Gasteiger partial charge is 0.330 e. The maximum Gasteiger partial charge on any atom is 0.330 e. The number of ether oxygens (including phenoxy) is 1. The van der Waals surface area contributed by atoms with Gasteiger partial charge < -0.3 is 14.2 Å². The number of hydrogen-bond acceptors (Lipinski definition) is 5. The van der Waals surface area contributed by atoms with Gasteiger partial charge in [-0.2, -0.15) is 0 Å². The first-order chi connectivity index (χ1) is 8.97. The molecule has 1 saturated heterocycles. The van der Waals surface area contributed by atoms with Crippen molar-refractivity contribution in [3.8, 4) is 0 Å². The van der Waals surface area contributed by atoms with Crippen LogP contribution in [0.15, 0.2) is 15.8 Å². The Morgan fingerprint density at radius 3 is 3.00 bits per heavy atom. The van der Waals surface area contributed by atoms with Crippen molar-refractivity contribution in [2.24, 2.45) is 0 Å². The van der Waals surface area contributed by atoms with Crippen LogP contribution in [-0.4, -0.2) is 27.2 Å². The van der Waals surface area contributed by atoms with Crippen molar-refractivity contribution in [1.29, 1.82) is 0 Å². The molecule has 2 heterocycles. The van der Waals surface area contributed by atoms with E-state index in [0.717, 1.165) is 0 Å². The summed E-state index contributed by atoms with van der Waals surface area (Å²) in [6.45, 7) is 0.0139. The summed E-state index contributed by atoms with van der Waals surface area (Å²) >= 11 is 1.83. The van der Waals surface area contributed by atoms with Gasteiger partial charge in [0.15, 0.2) is 0 Å². The number of hydrogen-bond donors (Lipinski definition) is 2. The molecule has 1 aliphatic heterocycles. The Balaban J connectivity index is 2.09. The van der Waals surface area contributed by atoms with Crippen LogP contribution in [0.5, 0.6) is 0 Å². The van der Waals surface area contributed by atoms with Crippen LogP contribution in [-0.2, 0) is 13.8 Å². The number of nitrogens with zero attached hydrogens (tertiary/aromatic N) is 1. The number of nitrogens with one attached hydrogen (secondary N) is 1. The highest BCUT2D eigenvalue weighted by Crippen LogP contribution is 2.29. The number of halogens is 1. The Labute approximate surface area is 121 Å². The number of rotatable bonds is 4. The zero-order valence-electron chi connectivity index (χ0n) is 9.67. The standard InChI is InChI=1S/C9H12IN2O6P/c10-6-3-12(9(14)11-8(6)13)7-2-1-5(18-7)4-17-19(15)16/h3,5,7,19H,1-2,4H2,(H,15,16)(H,11,13,14)/t5-,7-/m0/s1. The average Bonchev–Trinajstić information content (AvgIpc) is 2.80. The molecule has 1 aromatic rings. The first-order valence-electron chi connectivity index (χ1n) is 5.49. The molecule has 0 aliphatic carbocycles. The molecule has 0 aromatic carbocycles. The van der Waals surface area contributed by atoms with Gasteiger partial charge in [-0.1, -0.05) is 0 Å². The lowest BCUT2D eigenvalue weighted by molar-refractivity contribution is -0.0204. The van der Waals surface area contributed by atoms with E-state index < -0.39 is 25.7 Å². The van der Waals surface area contributed by atoms with Crippen molar-refractivity contribution in [2.45, 2.75) is 25.2 Å². The third kappa shape index (κ3) is 3.76. The molecule has 2 N–H and O–H groups in total. The summed E-state index contributed by atoms with van der Waals surface area (Å²) < 4.78 is 22.3. The van der Waals surface area contributed by atoms with Gasteiger partial charge in [0.05, 0.1) is 16.3 Å². The van der Waals surface area contributed by atoms with Crippen LogP contribution < -0.4 is 11.2 Å². The number of aromatic nitrogens is 2. The monoisotopic (exact) mass is 402 g/mol. The maximum absolute atomic E-state index is 11.7.